The van der Waals surface area contributed by atoms with Crippen LogP contribution in [0.1, 0.15) is 27.2 Å². The maximum absolute atomic E-state index is 8.87. The highest BCUT2D eigenvalue weighted by Crippen LogP contribution is 2.20. The van der Waals surface area contributed by atoms with E-state index in [1.807, 2.05) is 13.8 Å². The Hall–Kier alpha value is -0.0800. The molecule has 0 amide bonds. The normalized spacial score (nSPS) is 31.4. The summed E-state index contributed by atoms with van der Waals surface area (Å²) in [6.07, 6.45) is 1.24. The molecule has 0 aromatic rings. The first-order valence-corrected chi connectivity index (χ1v) is 4.57. The summed E-state index contributed by atoms with van der Waals surface area (Å²) in [5, 5.41) is 8.87. The Bertz CT molecular complexity index is 85.6. The molecule has 0 bridgehead atoms. The van der Waals surface area contributed by atoms with Crippen molar-refractivity contribution in [3.8, 4) is 0 Å². The Morgan fingerprint density at radius 2 is 2.00 bits per heavy atom. The quantitative estimate of drug-likeness (QED) is 0.624. The second-order valence-electron chi connectivity index (χ2n) is 3.00. The van der Waals surface area contributed by atoms with Gasteiger partial charge in [-0.1, -0.05) is 20.8 Å². The van der Waals surface area contributed by atoms with Crippen LogP contribution in [0.4, 0.5) is 0 Å². The molecule has 0 unspecified atom stereocenters. The van der Waals surface area contributed by atoms with Crippen molar-refractivity contribution in [2.75, 3.05) is 20.2 Å². The molecule has 1 aliphatic rings. The van der Waals surface area contributed by atoms with Crippen molar-refractivity contribution in [3.05, 3.63) is 0 Å². The zero-order chi connectivity index (χ0) is 8.85. The molecule has 0 aliphatic carbocycles. The minimum Gasteiger partial charge on any atom is -0.395 e. The fraction of sp³-hybridized carbons (Fsp3) is 1.00. The predicted molar refractivity (Wildman–Crippen MR) is 48.6 cm³/mol. The number of aliphatic hydroxyl groups is 1. The van der Waals surface area contributed by atoms with Gasteiger partial charge in [0.15, 0.2) is 0 Å². The summed E-state index contributed by atoms with van der Waals surface area (Å²) in [5.41, 5.74) is 0. The molecule has 0 radical (unpaired) electrons. The highest BCUT2D eigenvalue weighted by atomic mass is 16.3. The number of nitrogens with zero attached hydrogens (tertiary/aromatic N) is 1. The summed E-state index contributed by atoms with van der Waals surface area (Å²) in [7, 11) is 2.07. The van der Waals surface area contributed by atoms with Crippen LogP contribution in [0.25, 0.3) is 0 Å². The van der Waals surface area contributed by atoms with Gasteiger partial charge in [-0.25, -0.2) is 0 Å². The number of hydrogen-bond acceptors (Lipinski definition) is 2. The maximum Gasteiger partial charge on any atom is 0.0589 e. The monoisotopic (exact) mass is 159 g/mol. The lowest BCUT2D eigenvalue weighted by Gasteiger charge is -2.19. The second kappa shape index (κ2) is 5.56. The van der Waals surface area contributed by atoms with E-state index < -0.39 is 0 Å². The number of hydrogen-bond donors (Lipinski definition) is 1. The largest absolute Gasteiger partial charge is 0.395 e. The third-order valence-corrected chi connectivity index (χ3v) is 2.35. The highest BCUT2D eigenvalue weighted by Gasteiger charge is 2.26. The summed E-state index contributed by atoms with van der Waals surface area (Å²) in [6.45, 7) is 7.66. The van der Waals surface area contributed by atoms with Crippen molar-refractivity contribution >= 4 is 0 Å². The molecule has 1 rings (SSSR count). The topological polar surface area (TPSA) is 23.5 Å². The van der Waals surface area contributed by atoms with Gasteiger partial charge in [0.05, 0.1) is 6.61 Å². The summed E-state index contributed by atoms with van der Waals surface area (Å²) in [4.78, 5) is 2.23. The van der Waals surface area contributed by atoms with E-state index in [-0.39, 0.29) is 0 Å². The van der Waals surface area contributed by atoms with E-state index in [1.165, 1.54) is 6.42 Å². The van der Waals surface area contributed by atoms with Crippen LogP contribution in [0.2, 0.25) is 0 Å². The molecule has 1 N–H and O–H groups in total. The Morgan fingerprint density at radius 1 is 1.45 bits per heavy atom. The van der Waals surface area contributed by atoms with Crippen molar-refractivity contribution in [1.29, 1.82) is 0 Å². The van der Waals surface area contributed by atoms with Crippen LogP contribution in [0.3, 0.4) is 0 Å². The Morgan fingerprint density at radius 3 is 2.18 bits per heavy atom. The number of rotatable bonds is 1. The minimum absolute atomic E-state index is 0.317. The van der Waals surface area contributed by atoms with Gasteiger partial charge in [-0.05, 0) is 25.9 Å². The van der Waals surface area contributed by atoms with Crippen molar-refractivity contribution in [1.82, 2.24) is 4.90 Å². The van der Waals surface area contributed by atoms with Crippen molar-refractivity contribution in [2.45, 2.75) is 33.2 Å². The number of aliphatic hydroxyl groups excluding tert-OH is 1. The molecule has 2 nitrogen and oxygen atoms in total. The Kier molecular flexibility index (Phi) is 5.51. The van der Waals surface area contributed by atoms with E-state index >= 15 is 0 Å². The van der Waals surface area contributed by atoms with Crippen LogP contribution in [0.5, 0.6) is 0 Å². The standard InChI is InChI=1S/C7H15NO.C2H6/c1-6-3-4-8(2)7(6)5-9;1-2/h6-7,9H,3-5H2,1-2H3;1-2H3/t6-,7-;/m1./s1. The molecule has 1 heterocycles. The Balaban J connectivity index is 0.000000461. The minimum atomic E-state index is 0.317. The first kappa shape index (κ1) is 10.9. The van der Waals surface area contributed by atoms with Crippen LogP contribution >= 0.6 is 0 Å². The van der Waals surface area contributed by atoms with E-state index in [0.717, 1.165) is 6.54 Å². The Labute approximate surface area is 70.2 Å². The summed E-state index contributed by atoms with van der Waals surface area (Å²) in [6, 6.07) is 0.421. The third-order valence-electron chi connectivity index (χ3n) is 2.35. The zero-order valence-electron chi connectivity index (χ0n) is 8.17. The van der Waals surface area contributed by atoms with E-state index in [9.17, 15) is 0 Å². The average Bonchev–Trinajstić information content (AvgIpc) is 2.35. The van der Waals surface area contributed by atoms with Gasteiger partial charge in [-0.2, -0.15) is 0 Å². The maximum atomic E-state index is 8.87. The van der Waals surface area contributed by atoms with Gasteiger partial charge in [0, 0.05) is 6.04 Å². The second-order valence-corrected chi connectivity index (χ2v) is 3.00. The van der Waals surface area contributed by atoms with Crippen LogP contribution in [0.15, 0.2) is 0 Å². The summed E-state index contributed by atoms with van der Waals surface area (Å²) >= 11 is 0. The third kappa shape index (κ3) is 2.80. The van der Waals surface area contributed by atoms with Crippen LogP contribution < -0.4 is 0 Å². The molecule has 2 atom stereocenters. The molecule has 11 heavy (non-hydrogen) atoms. The van der Waals surface area contributed by atoms with Gasteiger partial charge in [-0.3, -0.25) is 0 Å². The lowest BCUT2D eigenvalue weighted by Crippen LogP contribution is -2.31. The number of likely N-dealkylation sites (N-methyl/N-ethyl adjacent to an activating group) is 1. The molecular formula is C9H21NO. The van der Waals surface area contributed by atoms with Crippen LogP contribution in [-0.2, 0) is 0 Å². The smallest absolute Gasteiger partial charge is 0.0589 e. The van der Waals surface area contributed by atoms with E-state index in [0.29, 0.717) is 18.6 Å². The molecule has 0 saturated carbocycles. The first-order chi connectivity index (χ1) is 5.25. The number of likely N-dealkylation sites (tertiary alicyclic amines) is 1. The molecule has 1 fully saturated rings. The molecule has 68 valence electrons. The lowest BCUT2D eigenvalue weighted by atomic mass is 10.0. The predicted octanol–water partition coefficient (Wildman–Crippen LogP) is 1.35. The van der Waals surface area contributed by atoms with Crippen molar-refractivity contribution in [2.24, 2.45) is 5.92 Å². The van der Waals surface area contributed by atoms with Gasteiger partial charge in [0.1, 0.15) is 0 Å². The van der Waals surface area contributed by atoms with Crippen LogP contribution in [0, 0.1) is 5.92 Å². The summed E-state index contributed by atoms with van der Waals surface area (Å²) in [5.74, 6) is 0.681. The average molecular weight is 159 g/mol. The van der Waals surface area contributed by atoms with Crippen molar-refractivity contribution < 1.29 is 5.11 Å². The molecule has 0 aromatic carbocycles. The summed E-state index contributed by atoms with van der Waals surface area (Å²) < 4.78 is 0. The molecule has 0 spiro atoms. The van der Waals surface area contributed by atoms with Gasteiger partial charge in [0.25, 0.3) is 0 Å². The molecule has 1 aliphatic heterocycles. The van der Waals surface area contributed by atoms with Gasteiger partial charge >= 0.3 is 0 Å². The van der Waals surface area contributed by atoms with Gasteiger partial charge < -0.3 is 10.0 Å². The lowest BCUT2D eigenvalue weighted by molar-refractivity contribution is 0.160. The van der Waals surface area contributed by atoms with E-state index in [4.69, 9.17) is 5.11 Å². The van der Waals surface area contributed by atoms with E-state index in [1.54, 1.807) is 0 Å². The first-order valence-electron chi connectivity index (χ1n) is 4.57. The van der Waals surface area contributed by atoms with Crippen LogP contribution in [-0.4, -0.2) is 36.2 Å². The zero-order valence-corrected chi connectivity index (χ0v) is 8.17. The molecule has 1 saturated heterocycles. The van der Waals surface area contributed by atoms with Gasteiger partial charge in [-0.15, -0.1) is 0 Å². The van der Waals surface area contributed by atoms with E-state index in [2.05, 4.69) is 18.9 Å². The fourth-order valence-corrected chi connectivity index (χ4v) is 1.52. The molecular weight excluding hydrogens is 138 g/mol. The molecule has 2 heteroatoms. The van der Waals surface area contributed by atoms with Crippen molar-refractivity contribution in [3.63, 3.8) is 0 Å². The fourth-order valence-electron chi connectivity index (χ4n) is 1.52. The van der Waals surface area contributed by atoms with Gasteiger partial charge in [0.2, 0.25) is 0 Å². The highest BCUT2D eigenvalue weighted by molar-refractivity contribution is 4.81. The molecule has 0 aromatic heterocycles. The SMILES string of the molecule is CC.C[C@@H]1CCN(C)[C@@H]1CO.